The zero-order valence-electron chi connectivity index (χ0n) is 20.5. The van der Waals surface area contributed by atoms with Crippen LogP contribution >= 0.6 is 11.6 Å². The maximum atomic E-state index is 12.6. The molecule has 1 aliphatic carbocycles. The number of piperazine rings is 1. The van der Waals surface area contributed by atoms with Gasteiger partial charge in [0.1, 0.15) is 0 Å². The van der Waals surface area contributed by atoms with Crippen LogP contribution in [0.15, 0.2) is 36.4 Å². The molecule has 1 saturated heterocycles. The number of β-amino-alcohol motifs (C(OH)–C–C–N with tert-alkyl or cyclic N) is 1. The van der Waals surface area contributed by atoms with Crippen molar-refractivity contribution in [3.8, 4) is 5.75 Å². The molecule has 1 amide bonds. The van der Waals surface area contributed by atoms with E-state index >= 15 is 0 Å². The van der Waals surface area contributed by atoms with E-state index in [1.165, 1.54) is 5.56 Å². The predicted molar refractivity (Wildman–Crippen MR) is 140 cm³/mol. The third kappa shape index (κ3) is 5.80. The summed E-state index contributed by atoms with van der Waals surface area (Å²) >= 11 is 6.44. The number of hydrogen-bond acceptors (Lipinski definition) is 6. The lowest BCUT2D eigenvalue weighted by Crippen LogP contribution is -2.49. The molecule has 1 heterocycles. The summed E-state index contributed by atoms with van der Waals surface area (Å²) < 4.78 is 5.57. The first-order valence-electron chi connectivity index (χ1n) is 12.4. The zero-order chi connectivity index (χ0) is 24.9. The normalized spacial score (nSPS) is 18.9. The van der Waals surface area contributed by atoms with Gasteiger partial charge in [0.05, 0.1) is 35.6 Å². The number of aliphatic hydroxyl groups is 1. The Labute approximate surface area is 212 Å². The lowest BCUT2D eigenvalue weighted by atomic mass is 10.0. The molecule has 35 heavy (non-hydrogen) atoms. The van der Waals surface area contributed by atoms with E-state index in [4.69, 9.17) is 21.7 Å². The number of anilines is 1. The number of ether oxygens (including phenoxy) is 1. The van der Waals surface area contributed by atoms with E-state index in [9.17, 15) is 9.90 Å². The highest BCUT2D eigenvalue weighted by Crippen LogP contribution is 2.37. The van der Waals surface area contributed by atoms with Gasteiger partial charge < -0.3 is 25.5 Å². The monoisotopic (exact) mass is 498 g/mol. The number of fused-ring (bicyclic) bond motifs is 1. The third-order valence-electron chi connectivity index (χ3n) is 7.05. The van der Waals surface area contributed by atoms with Gasteiger partial charge in [-0.25, -0.2) is 0 Å². The van der Waals surface area contributed by atoms with Gasteiger partial charge in [0, 0.05) is 39.3 Å². The number of hydrogen-bond donors (Lipinski definition) is 3. The number of aliphatic hydroxyl groups excluding tert-OH is 1. The number of rotatable bonds is 9. The standard InChI is InChI=1S/C27H35ClN4O3/c1-3-18-14-23(28)26(35-2)24(15-18)32-12-10-31(11-13-32)17-20(33)8-9-30-27(34)22-16-19-6-4-5-7-21(19)25(22)29/h4-7,14-15,20,22,29,33H,3,8-13,16-17H2,1-2H3,(H,30,34). The van der Waals surface area contributed by atoms with Gasteiger partial charge in [-0.05, 0) is 48.1 Å². The first-order chi connectivity index (χ1) is 16.9. The number of aryl methyl sites for hydroxylation is 1. The van der Waals surface area contributed by atoms with Gasteiger partial charge in [0.2, 0.25) is 5.91 Å². The molecule has 0 spiro atoms. The smallest absolute Gasteiger partial charge is 0.229 e. The van der Waals surface area contributed by atoms with Crippen molar-refractivity contribution >= 4 is 28.9 Å². The summed E-state index contributed by atoms with van der Waals surface area (Å²) in [5.41, 5.74) is 4.52. The molecule has 2 aromatic rings. The van der Waals surface area contributed by atoms with Crippen LogP contribution in [0.1, 0.15) is 30.0 Å². The van der Waals surface area contributed by atoms with Crippen molar-refractivity contribution < 1.29 is 14.6 Å². The van der Waals surface area contributed by atoms with Crippen molar-refractivity contribution in [3.63, 3.8) is 0 Å². The van der Waals surface area contributed by atoms with Crippen LogP contribution in [-0.2, 0) is 17.6 Å². The van der Waals surface area contributed by atoms with Gasteiger partial charge in [-0.2, -0.15) is 0 Å². The Balaban J connectivity index is 1.21. The number of carbonyl (C=O) groups is 1. The lowest BCUT2D eigenvalue weighted by Gasteiger charge is -2.37. The molecule has 2 aliphatic rings. The Kier molecular flexibility index (Phi) is 8.31. The number of amides is 1. The summed E-state index contributed by atoms with van der Waals surface area (Å²) in [6.45, 7) is 6.40. The van der Waals surface area contributed by atoms with E-state index in [1.54, 1.807) is 7.11 Å². The van der Waals surface area contributed by atoms with Crippen LogP contribution in [0.25, 0.3) is 0 Å². The average Bonchev–Trinajstić information content (AvgIpc) is 3.20. The first kappa shape index (κ1) is 25.5. The molecule has 1 aliphatic heterocycles. The van der Waals surface area contributed by atoms with E-state index in [2.05, 4.69) is 28.1 Å². The van der Waals surface area contributed by atoms with Crippen molar-refractivity contribution in [2.45, 2.75) is 32.3 Å². The van der Waals surface area contributed by atoms with Crippen LogP contribution < -0.4 is 15.0 Å². The second kappa shape index (κ2) is 11.4. The van der Waals surface area contributed by atoms with Gasteiger partial charge in [0.25, 0.3) is 0 Å². The molecular weight excluding hydrogens is 464 g/mol. The first-order valence-corrected chi connectivity index (χ1v) is 12.7. The van der Waals surface area contributed by atoms with Gasteiger partial charge >= 0.3 is 0 Å². The molecule has 2 atom stereocenters. The molecular formula is C27H35ClN4O3. The zero-order valence-corrected chi connectivity index (χ0v) is 21.3. The van der Waals surface area contributed by atoms with Crippen LogP contribution in [-0.4, -0.2) is 74.1 Å². The highest BCUT2D eigenvalue weighted by Gasteiger charge is 2.32. The fraction of sp³-hybridized carbons (Fsp3) is 0.481. The maximum absolute atomic E-state index is 12.6. The van der Waals surface area contributed by atoms with E-state index in [0.717, 1.165) is 49.4 Å². The molecule has 4 rings (SSSR count). The highest BCUT2D eigenvalue weighted by atomic mass is 35.5. The molecule has 188 valence electrons. The Bertz CT molecular complexity index is 1070. The Morgan fingerprint density at radius 3 is 2.69 bits per heavy atom. The molecule has 7 nitrogen and oxygen atoms in total. The Morgan fingerprint density at radius 2 is 2.00 bits per heavy atom. The maximum Gasteiger partial charge on any atom is 0.229 e. The molecule has 1 fully saturated rings. The van der Waals surface area contributed by atoms with E-state index in [1.807, 2.05) is 30.3 Å². The van der Waals surface area contributed by atoms with Gasteiger partial charge in [0.15, 0.2) is 5.75 Å². The van der Waals surface area contributed by atoms with E-state index < -0.39 is 12.0 Å². The summed E-state index contributed by atoms with van der Waals surface area (Å²) in [5.74, 6) is 0.148. The number of carbonyl (C=O) groups excluding carboxylic acids is 1. The number of methoxy groups -OCH3 is 1. The number of halogens is 1. The topological polar surface area (TPSA) is 88.9 Å². The largest absolute Gasteiger partial charge is 0.493 e. The minimum absolute atomic E-state index is 0.131. The second-order valence-electron chi connectivity index (χ2n) is 9.33. The molecule has 2 aromatic carbocycles. The van der Waals surface area contributed by atoms with Gasteiger partial charge in [-0.1, -0.05) is 42.8 Å². The molecule has 0 bridgehead atoms. The van der Waals surface area contributed by atoms with Crippen molar-refractivity contribution in [1.82, 2.24) is 10.2 Å². The third-order valence-corrected chi connectivity index (χ3v) is 7.33. The average molecular weight is 499 g/mol. The lowest BCUT2D eigenvalue weighted by molar-refractivity contribution is -0.123. The molecule has 2 unspecified atom stereocenters. The second-order valence-corrected chi connectivity index (χ2v) is 9.74. The fourth-order valence-corrected chi connectivity index (χ4v) is 5.33. The van der Waals surface area contributed by atoms with Crippen molar-refractivity contribution in [2.24, 2.45) is 5.92 Å². The number of nitrogens with zero attached hydrogens (tertiary/aromatic N) is 2. The minimum Gasteiger partial charge on any atom is -0.493 e. The minimum atomic E-state index is -0.519. The van der Waals surface area contributed by atoms with E-state index in [-0.39, 0.29) is 5.91 Å². The van der Waals surface area contributed by atoms with Crippen molar-refractivity contribution in [2.75, 3.05) is 51.3 Å². The summed E-state index contributed by atoms with van der Waals surface area (Å²) in [5, 5.41) is 22.4. The quantitative estimate of drug-likeness (QED) is 0.494. The van der Waals surface area contributed by atoms with Crippen molar-refractivity contribution in [3.05, 3.63) is 58.1 Å². The van der Waals surface area contributed by atoms with Crippen LogP contribution in [0.5, 0.6) is 5.75 Å². The van der Waals surface area contributed by atoms with Gasteiger partial charge in [-0.3, -0.25) is 9.69 Å². The summed E-state index contributed by atoms with van der Waals surface area (Å²) in [4.78, 5) is 17.2. The molecule has 8 heteroatoms. The number of nitrogens with one attached hydrogen (secondary N) is 2. The van der Waals surface area contributed by atoms with Crippen molar-refractivity contribution in [1.29, 1.82) is 5.41 Å². The SMILES string of the molecule is CCc1cc(Cl)c(OC)c(N2CCN(CC(O)CCNC(=O)C3Cc4ccccc4C3=N)CC2)c1. The van der Waals surface area contributed by atoms with E-state index in [0.29, 0.717) is 42.4 Å². The van der Waals surface area contributed by atoms with Crippen LogP contribution in [0.4, 0.5) is 5.69 Å². The van der Waals surface area contributed by atoms with Gasteiger partial charge in [-0.15, -0.1) is 0 Å². The Morgan fingerprint density at radius 1 is 1.26 bits per heavy atom. The van der Waals surface area contributed by atoms with Crippen LogP contribution in [0.2, 0.25) is 5.02 Å². The Hall–Kier alpha value is -2.61. The predicted octanol–water partition coefficient (Wildman–Crippen LogP) is 3.14. The highest BCUT2D eigenvalue weighted by molar-refractivity contribution is 6.32. The molecule has 0 aromatic heterocycles. The number of benzene rings is 2. The summed E-state index contributed by atoms with van der Waals surface area (Å²) in [6, 6.07) is 11.8. The van der Waals surface area contributed by atoms with Crippen LogP contribution in [0.3, 0.4) is 0 Å². The summed E-state index contributed by atoms with van der Waals surface area (Å²) in [6.07, 6.45) is 1.45. The fourth-order valence-electron chi connectivity index (χ4n) is 5.01. The molecule has 0 saturated carbocycles. The van der Waals surface area contributed by atoms with Crippen LogP contribution in [0, 0.1) is 11.3 Å². The molecule has 3 N–H and O–H groups in total. The molecule has 0 radical (unpaired) electrons. The summed E-state index contributed by atoms with van der Waals surface area (Å²) in [7, 11) is 1.65.